The van der Waals surface area contributed by atoms with Crippen molar-refractivity contribution in [3.8, 4) is 0 Å². The largest absolute Gasteiger partial charge is 0.396 e. The quantitative estimate of drug-likeness (QED) is 0.759. The Morgan fingerprint density at radius 1 is 1.41 bits per heavy atom. The standard InChI is InChI=1S/C13H24N2O2/c1-10-2-4-13(9-14,5-3-10)12(17)15-6-11(7-15)8-16/h10-11,16H,2-9,14H2,1H3. The van der Waals surface area contributed by atoms with Crippen LogP contribution in [0.2, 0.25) is 0 Å². The van der Waals surface area contributed by atoms with E-state index in [0.717, 1.165) is 31.6 Å². The molecular weight excluding hydrogens is 216 g/mol. The molecule has 1 heterocycles. The second kappa shape index (κ2) is 4.94. The number of amides is 1. The maximum Gasteiger partial charge on any atom is 0.230 e. The lowest BCUT2D eigenvalue weighted by Crippen LogP contribution is -2.58. The summed E-state index contributed by atoms with van der Waals surface area (Å²) in [7, 11) is 0. The molecular formula is C13H24N2O2. The fourth-order valence-corrected chi connectivity index (χ4v) is 3.01. The Hall–Kier alpha value is -0.610. The van der Waals surface area contributed by atoms with Crippen molar-refractivity contribution >= 4 is 5.91 Å². The third-order valence-electron chi connectivity index (χ3n) is 4.58. The molecule has 1 aliphatic carbocycles. The van der Waals surface area contributed by atoms with Gasteiger partial charge in [-0.3, -0.25) is 4.79 Å². The molecule has 1 aliphatic heterocycles. The zero-order valence-corrected chi connectivity index (χ0v) is 10.7. The third-order valence-corrected chi connectivity index (χ3v) is 4.58. The van der Waals surface area contributed by atoms with Gasteiger partial charge in [0.15, 0.2) is 0 Å². The maximum atomic E-state index is 12.5. The molecule has 2 aliphatic rings. The van der Waals surface area contributed by atoms with Crippen LogP contribution in [0.15, 0.2) is 0 Å². The van der Waals surface area contributed by atoms with Crippen molar-refractivity contribution in [3.05, 3.63) is 0 Å². The van der Waals surface area contributed by atoms with Crippen LogP contribution in [-0.4, -0.2) is 42.2 Å². The smallest absolute Gasteiger partial charge is 0.230 e. The van der Waals surface area contributed by atoms with Crippen molar-refractivity contribution in [1.82, 2.24) is 4.90 Å². The number of nitrogens with two attached hydrogens (primary N) is 1. The fourth-order valence-electron chi connectivity index (χ4n) is 3.01. The zero-order valence-electron chi connectivity index (χ0n) is 10.7. The van der Waals surface area contributed by atoms with Crippen LogP contribution in [0.25, 0.3) is 0 Å². The second-order valence-corrected chi connectivity index (χ2v) is 5.93. The van der Waals surface area contributed by atoms with Gasteiger partial charge >= 0.3 is 0 Å². The number of hydrogen-bond acceptors (Lipinski definition) is 3. The predicted molar refractivity (Wildman–Crippen MR) is 66.3 cm³/mol. The van der Waals surface area contributed by atoms with E-state index in [1.165, 1.54) is 0 Å². The van der Waals surface area contributed by atoms with Crippen molar-refractivity contribution in [3.63, 3.8) is 0 Å². The lowest BCUT2D eigenvalue weighted by molar-refractivity contribution is -0.151. The molecule has 1 saturated carbocycles. The highest BCUT2D eigenvalue weighted by molar-refractivity contribution is 5.83. The number of nitrogens with zero attached hydrogens (tertiary/aromatic N) is 1. The Bertz CT molecular complexity index is 279. The monoisotopic (exact) mass is 240 g/mol. The summed E-state index contributed by atoms with van der Waals surface area (Å²) in [6, 6.07) is 0. The fraction of sp³-hybridized carbons (Fsp3) is 0.923. The molecule has 0 atom stereocenters. The van der Waals surface area contributed by atoms with Gasteiger partial charge in [-0.1, -0.05) is 6.92 Å². The molecule has 2 rings (SSSR count). The summed E-state index contributed by atoms with van der Waals surface area (Å²) >= 11 is 0. The Labute approximate surface area is 103 Å². The van der Waals surface area contributed by atoms with Gasteiger partial charge in [-0.05, 0) is 31.6 Å². The van der Waals surface area contributed by atoms with Gasteiger partial charge in [-0.2, -0.15) is 0 Å². The molecule has 4 heteroatoms. The zero-order chi connectivity index (χ0) is 12.5. The van der Waals surface area contributed by atoms with Crippen molar-refractivity contribution in [2.45, 2.75) is 32.6 Å². The number of carbonyl (C=O) groups excluding carboxylic acids is 1. The molecule has 3 N–H and O–H groups in total. The molecule has 0 aromatic carbocycles. The van der Waals surface area contributed by atoms with Crippen LogP contribution in [0.1, 0.15) is 32.6 Å². The topological polar surface area (TPSA) is 66.6 Å². The number of aliphatic hydroxyl groups is 1. The Morgan fingerprint density at radius 3 is 2.47 bits per heavy atom. The molecule has 0 unspecified atom stereocenters. The van der Waals surface area contributed by atoms with Crippen LogP contribution in [0.5, 0.6) is 0 Å². The van der Waals surface area contributed by atoms with Gasteiger partial charge in [0.1, 0.15) is 0 Å². The van der Waals surface area contributed by atoms with E-state index in [4.69, 9.17) is 10.8 Å². The molecule has 4 nitrogen and oxygen atoms in total. The highest BCUT2D eigenvalue weighted by Gasteiger charge is 2.45. The molecule has 17 heavy (non-hydrogen) atoms. The van der Waals surface area contributed by atoms with Crippen LogP contribution in [-0.2, 0) is 4.79 Å². The van der Waals surface area contributed by atoms with Gasteiger partial charge in [-0.15, -0.1) is 0 Å². The normalized spacial score (nSPS) is 34.5. The van der Waals surface area contributed by atoms with E-state index in [1.807, 2.05) is 4.90 Å². The molecule has 2 fully saturated rings. The van der Waals surface area contributed by atoms with E-state index in [9.17, 15) is 4.79 Å². The van der Waals surface area contributed by atoms with E-state index in [-0.39, 0.29) is 23.8 Å². The minimum atomic E-state index is -0.299. The van der Waals surface area contributed by atoms with E-state index < -0.39 is 0 Å². The van der Waals surface area contributed by atoms with E-state index in [1.54, 1.807) is 0 Å². The number of hydrogen-bond donors (Lipinski definition) is 2. The Kier molecular flexibility index (Phi) is 3.73. The molecule has 1 amide bonds. The first-order chi connectivity index (χ1) is 8.11. The summed E-state index contributed by atoms with van der Waals surface area (Å²) in [5.74, 6) is 1.25. The average molecular weight is 240 g/mol. The highest BCUT2D eigenvalue weighted by Crippen LogP contribution is 2.40. The van der Waals surface area contributed by atoms with E-state index >= 15 is 0 Å². The van der Waals surface area contributed by atoms with Gasteiger partial charge in [0, 0.05) is 32.2 Å². The maximum absolute atomic E-state index is 12.5. The number of rotatable bonds is 3. The summed E-state index contributed by atoms with van der Waals surface area (Å²) in [6.45, 7) is 4.34. The van der Waals surface area contributed by atoms with Crippen LogP contribution < -0.4 is 5.73 Å². The summed E-state index contributed by atoms with van der Waals surface area (Å²) in [5.41, 5.74) is 5.57. The van der Waals surface area contributed by atoms with Crippen molar-refractivity contribution in [1.29, 1.82) is 0 Å². The molecule has 0 aromatic rings. The number of aliphatic hydroxyl groups excluding tert-OH is 1. The lowest BCUT2D eigenvalue weighted by Gasteiger charge is -2.46. The van der Waals surface area contributed by atoms with Gasteiger partial charge < -0.3 is 15.7 Å². The van der Waals surface area contributed by atoms with Crippen molar-refractivity contribution in [2.24, 2.45) is 23.0 Å². The molecule has 0 bridgehead atoms. The third kappa shape index (κ3) is 2.33. The molecule has 98 valence electrons. The first kappa shape index (κ1) is 12.8. The van der Waals surface area contributed by atoms with Crippen LogP contribution in [0, 0.1) is 17.3 Å². The first-order valence-electron chi connectivity index (χ1n) is 6.71. The molecule has 1 saturated heterocycles. The SMILES string of the molecule is CC1CCC(CN)(C(=O)N2CC(CO)C2)CC1. The van der Waals surface area contributed by atoms with Gasteiger partial charge in [-0.25, -0.2) is 0 Å². The van der Waals surface area contributed by atoms with Crippen LogP contribution in [0.3, 0.4) is 0 Å². The van der Waals surface area contributed by atoms with E-state index in [2.05, 4.69) is 6.92 Å². The highest BCUT2D eigenvalue weighted by atomic mass is 16.3. The van der Waals surface area contributed by atoms with Crippen molar-refractivity contribution < 1.29 is 9.90 Å². The number of likely N-dealkylation sites (tertiary alicyclic amines) is 1. The second-order valence-electron chi connectivity index (χ2n) is 5.93. The number of carbonyl (C=O) groups is 1. The van der Waals surface area contributed by atoms with Gasteiger partial charge in [0.25, 0.3) is 0 Å². The summed E-state index contributed by atoms with van der Waals surface area (Å²) in [5, 5.41) is 8.99. The minimum absolute atomic E-state index is 0.191. The van der Waals surface area contributed by atoms with Crippen molar-refractivity contribution in [2.75, 3.05) is 26.2 Å². The minimum Gasteiger partial charge on any atom is -0.396 e. The molecule has 0 aromatic heterocycles. The summed E-state index contributed by atoms with van der Waals surface area (Å²) in [6.07, 6.45) is 4.09. The molecule has 0 radical (unpaired) electrons. The van der Waals surface area contributed by atoms with E-state index in [0.29, 0.717) is 19.6 Å². The molecule has 0 spiro atoms. The van der Waals surface area contributed by atoms with Gasteiger partial charge in [0.05, 0.1) is 5.41 Å². The van der Waals surface area contributed by atoms with Crippen LogP contribution >= 0.6 is 0 Å². The van der Waals surface area contributed by atoms with Crippen LogP contribution in [0.4, 0.5) is 0 Å². The Morgan fingerprint density at radius 2 is 2.00 bits per heavy atom. The first-order valence-corrected chi connectivity index (χ1v) is 6.71. The summed E-state index contributed by atoms with van der Waals surface area (Å²) in [4.78, 5) is 14.3. The van der Waals surface area contributed by atoms with Gasteiger partial charge in [0.2, 0.25) is 5.91 Å². The summed E-state index contributed by atoms with van der Waals surface area (Å²) < 4.78 is 0. The average Bonchev–Trinajstić information content (AvgIpc) is 2.29. The Balaban J connectivity index is 1.96. The lowest BCUT2D eigenvalue weighted by atomic mass is 9.69. The predicted octanol–water partition coefficient (Wildman–Crippen LogP) is 0.592.